The molecule has 3 rings (SSSR count). The molecule has 1 aliphatic heterocycles. The van der Waals surface area contributed by atoms with Crippen molar-refractivity contribution in [3.05, 3.63) is 77.6 Å². The Bertz CT molecular complexity index is 892. The largest absolute Gasteiger partial charge is 0.489 e. The standard InChI is InChI=1S/C22H23FN2O3/c1-21(27,14-20(24)26)22(10-3-11-25-22)13-16-6-8-19(9-7-16)28-15-17-4-2-5-18(23)12-17/h2-12,27H,13-15H2,1H3,(H2,24,26). The molecular weight excluding hydrogens is 359 g/mol. The summed E-state index contributed by atoms with van der Waals surface area (Å²) in [5.41, 5.74) is 4.60. The lowest BCUT2D eigenvalue weighted by Crippen LogP contribution is -2.52. The van der Waals surface area contributed by atoms with Gasteiger partial charge in [-0.3, -0.25) is 9.79 Å². The van der Waals surface area contributed by atoms with E-state index < -0.39 is 17.0 Å². The number of allylic oxidation sites excluding steroid dienone is 1. The number of carbonyl (C=O) groups is 1. The lowest BCUT2D eigenvalue weighted by Gasteiger charge is -2.38. The molecule has 2 unspecified atom stereocenters. The summed E-state index contributed by atoms with van der Waals surface area (Å²) in [6.07, 6.45) is 5.39. The fraction of sp³-hybridized carbons (Fsp3) is 0.273. The van der Waals surface area contributed by atoms with E-state index in [2.05, 4.69) is 4.99 Å². The number of nitrogens with zero attached hydrogens (tertiary/aromatic N) is 1. The average Bonchev–Trinajstić information content (AvgIpc) is 3.11. The normalized spacial score (nSPS) is 20.1. The molecule has 2 aromatic carbocycles. The van der Waals surface area contributed by atoms with Crippen molar-refractivity contribution in [2.24, 2.45) is 10.7 Å². The zero-order valence-corrected chi connectivity index (χ0v) is 15.6. The number of carbonyl (C=O) groups excluding carboxylic acids is 1. The fourth-order valence-electron chi connectivity index (χ4n) is 3.34. The summed E-state index contributed by atoms with van der Waals surface area (Å²) in [5, 5.41) is 10.9. The Labute approximate surface area is 163 Å². The number of nitrogens with two attached hydrogens (primary N) is 1. The van der Waals surface area contributed by atoms with Crippen LogP contribution in [0.4, 0.5) is 4.39 Å². The zero-order chi connectivity index (χ0) is 20.2. The third-order valence-corrected chi connectivity index (χ3v) is 4.91. The first-order valence-electron chi connectivity index (χ1n) is 9.00. The maximum absolute atomic E-state index is 13.2. The number of halogens is 1. The Balaban J connectivity index is 1.69. The van der Waals surface area contributed by atoms with Crippen LogP contribution in [0.3, 0.4) is 0 Å². The SMILES string of the molecule is CC(O)(CC(N)=O)C1(Cc2ccc(OCc3cccc(F)c3)cc2)C=CC=N1. The quantitative estimate of drug-likeness (QED) is 0.736. The molecule has 0 saturated carbocycles. The van der Waals surface area contributed by atoms with Gasteiger partial charge in [-0.1, -0.05) is 30.3 Å². The minimum Gasteiger partial charge on any atom is -0.489 e. The summed E-state index contributed by atoms with van der Waals surface area (Å²) >= 11 is 0. The van der Waals surface area contributed by atoms with Crippen molar-refractivity contribution in [1.29, 1.82) is 0 Å². The molecule has 0 aromatic heterocycles. The summed E-state index contributed by atoms with van der Waals surface area (Å²) < 4.78 is 18.9. The molecule has 1 heterocycles. The van der Waals surface area contributed by atoms with Crippen molar-refractivity contribution in [3.8, 4) is 5.75 Å². The number of aliphatic imine (C=N–C) groups is 1. The Kier molecular flexibility index (Phi) is 5.61. The second kappa shape index (κ2) is 7.94. The fourth-order valence-corrected chi connectivity index (χ4v) is 3.34. The van der Waals surface area contributed by atoms with Crippen LogP contribution in [0.25, 0.3) is 0 Å². The first kappa shape index (κ1) is 19.8. The Morgan fingerprint density at radius 2 is 2.00 bits per heavy atom. The van der Waals surface area contributed by atoms with Crippen LogP contribution in [0.5, 0.6) is 5.75 Å². The summed E-state index contributed by atoms with van der Waals surface area (Å²) in [7, 11) is 0. The van der Waals surface area contributed by atoms with Crippen molar-refractivity contribution < 1.29 is 19.0 Å². The van der Waals surface area contributed by atoms with Gasteiger partial charge in [0.25, 0.3) is 0 Å². The number of benzene rings is 2. The third kappa shape index (κ3) is 4.46. The molecule has 0 saturated heterocycles. The number of primary amides is 1. The molecule has 2 atom stereocenters. The van der Waals surface area contributed by atoms with E-state index in [1.807, 2.05) is 24.3 Å². The smallest absolute Gasteiger partial charge is 0.220 e. The Morgan fingerprint density at radius 3 is 2.61 bits per heavy atom. The topological polar surface area (TPSA) is 84.9 Å². The van der Waals surface area contributed by atoms with Gasteiger partial charge in [0.1, 0.15) is 23.7 Å². The lowest BCUT2D eigenvalue weighted by atomic mass is 9.75. The molecule has 1 amide bonds. The maximum Gasteiger partial charge on any atom is 0.220 e. The van der Waals surface area contributed by atoms with E-state index in [0.717, 1.165) is 11.1 Å². The summed E-state index contributed by atoms with van der Waals surface area (Å²) in [6, 6.07) is 13.7. The van der Waals surface area contributed by atoms with Gasteiger partial charge in [-0.05, 0) is 48.4 Å². The Hall–Kier alpha value is -2.99. The van der Waals surface area contributed by atoms with Crippen LogP contribution in [-0.4, -0.2) is 28.4 Å². The van der Waals surface area contributed by atoms with Gasteiger partial charge in [0.05, 0.1) is 12.0 Å². The van der Waals surface area contributed by atoms with E-state index in [-0.39, 0.29) is 18.8 Å². The zero-order valence-electron chi connectivity index (χ0n) is 15.6. The predicted octanol–water partition coefficient (Wildman–Crippen LogP) is 2.95. The number of rotatable bonds is 8. The third-order valence-electron chi connectivity index (χ3n) is 4.91. The van der Waals surface area contributed by atoms with Crippen LogP contribution >= 0.6 is 0 Å². The molecule has 146 valence electrons. The first-order chi connectivity index (χ1) is 13.3. The maximum atomic E-state index is 13.2. The molecule has 3 N–H and O–H groups in total. The van der Waals surface area contributed by atoms with Gasteiger partial charge in [0.2, 0.25) is 5.91 Å². The molecule has 1 aliphatic rings. The van der Waals surface area contributed by atoms with Crippen molar-refractivity contribution in [3.63, 3.8) is 0 Å². The molecule has 6 heteroatoms. The highest BCUT2D eigenvalue weighted by atomic mass is 19.1. The van der Waals surface area contributed by atoms with Gasteiger partial charge in [-0.2, -0.15) is 0 Å². The summed E-state index contributed by atoms with van der Waals surface area (Å²) in [6.45, 7) is 1.84. The monoisotopic (exact) mass is 382 g/mol. The van der Waals surface area contributed by atoms with E-state index in [1.165, 1.54) is 12.1 Å². The number of ether oxygens (including phenoxy) is 1. The summed E-state index contributed by atoms with van der Waals surface area (Å²) in [4.78, 5) is 15.8. The van der Waals surface area contributed by atoms with E-state index in [1.54, 1.807) is 37.4 Å². The van der Waals surface area contributed by atoms with Crippen LogP contribution in [0.15, 0.2) is 65.7 Å². The minimum absolute atomic E-state index is 0.191. The van der Waals surface area contributed by atoms with E-state index in [0.29, 0.717) is 12.2 Å². The van der Waals surface area contributed by atoms with Crippen molar-refractivity contribution in [2.45, 2.75) is 37.5 Å². The lowest BCUT2D eigenvalue weighted by molar-refractivity contribution is -0.124. The molecule has 0 bridgehead atoms. The molecule has 5 nitrogen and oxygen atoms in total. The minimum atomic E-state index is -1.41. The number of hydrogen-bond donors (Lipinski definition) is 2. The van der Waals surface area contributed by atoms with Gasteiger partial charge in [0.15, 0.2) is 0 Å². The van der Waals surface area contributed by atoms with Gasteiger partial charge < -0.3 is 15.6 Å². The highest BCUT2D eigenvalue weighted by molar-refractivity contribution is 5.78. The molecule has 0 fully saturated rings. The predicted molar refractivity (Wildman–Crippen MR) is 106 cm³/mol. The van der Waals surface area contributed by atoms with E-state index in [4.69, 9.17) is 10.5 Å². The van der Waals surface area contributed by atoms with Gasteiger partial charge in [0, 0.05) is 12.6 Å². The molecule has 28 heavy (non-hydrogen) atoms. The van der Waals surface area contributed by atoms with Crippen LogP contribution in [0.1, 0.15) is 24.5 Å². The van der Waals surface area contributed by atoms with Crippen molar-refractivity contribution in [2.75, 3.05) is 0 Å². The van der Waals surface area contributed by atoms with Crippen LogP contribution < -0.4 is 10.5 Å². The van der Waals surface area contributed by atoms with Crippen molar-refractivity contribution in [1.82, 2.24) is 0 Å². The Morgan fingerprint density at radius 1 is 1.25 bits per heavy atom. The van der Waals surface area contributed by atoms with Gasteiger partial charge in [-0.25, -0.2) is 4.39 Å². The number of amides is 1. The number of aliphatic hydroxyl groups is 1. The molecule has 0 spiro atoms. The first-order valence-corrected chi connectivity index (χ1v) is 9.00. The average molecular weight is 382 g/mol. The highest BCUT2D eigenvalue weighted by Crippen LogP contribution is 2.36. The second-order valence-corrected chi connectivity index (χ2v) is 7.22. The van der Waals surface area contributed by atoms with Crippen LogP contribution in [0, 0.1) is 5.82 Å². The molecule has 0 radical (unpaired) electrons. The van der Waals surface area contributed by atoms with Crippen molar-refractivity contribution >= 4 is 12.1 Å². The molecular formula is C22H23FN2O3. The summed E-state index contributed by atoms with van der Waals surface area (Å²) in [5.74, 6) is -0.229. The van der Waals surface area contributed by atoms with Crippen LogP contribution in [0.2, 0.25) is 0 Å². The molecule has 0 aliphatic carbocycles. The highest BCUT2D eigenvalue weighted by Gasteiger charge is 2.47. The second-order valence-electron chi connectivity index (χ2n) is 7.22. The van der Waals surface area contributed by atoms with E-state index >= 15 is 0 Å². The van der Waals surface area contributed by atoms with Gasteiger partial charge in [-0.15, -0.1) is 0 Å². The number of hydrogen-bond acceptors (Lipinski definition) is 4. The van der Waals surface area contributed by atoms with E-state index in [9.17, 15) is 14.3 Å². The van der Waals surface area contributed by atoms with Crippen LogP contribution in [-0.2, 0) is 17.8 Å². The molecule has 2 aromatic rings. The van der Waals surface area contributed by atoms with Gasteiger partial charge >= 0.3 is 0 Å².